The first-order chi connectivity index (χ1) is 11.9. The largest absolute Gasteiger partial charge is 0.464 e. The number of Topliss-reactive ketones (excluding diaryl/α,β-unsaturated/α-hetero) is 1. The van der Waals surface area contributed by atoms with Crippen LogP contribution < -0.4 is 0 Å². The average molecular weight is 350 g/mol. The molecule has 2 aromatic carbocycles. The summed E-state index contributed by atoms with van der Waals surface area (Å²) in [5, 5.41) is 0. The zero-order valence-electron chi connectivity index (χ0n) is 13.5. The predicted molar refractivity (Wildman–Crippen MR) is 86.2 cm³/mol. The van der Waals surface area contributed by atoms with Gasteiger partial charge in [0, 0.05) is 5.56 Å². The molecule has 0 amide bonds. The van der Waals surface area contributed by atoms with Crippen LogP contribution in [0.4, 0.5) is 13.2 Å². The van der Waals surface area contributed by atoms with Crippen molar-refractivity contribution in [2.24, 2.45) is 0 Å². The molecular weight excluding hydrogens is 333 g/mol. The number of carbonyl (C=O) groups is 2. The van der Waals surface area contributed by atoms with Gasteiger partial charge in [-0.15, -0.1) is 0 Å². The van der Waals surface area contributed by atoms with Gasteiger partial charge in [-0.2, -0.15) is 13.2 Å². The smallest absolute Gasteiger partial charge is 0.416 e. The molecule has 0 bridgehead atoms. The van der Waals surface area contributed by atoms with E-state index in [1.807, 2.05) is 0 Å². The minimum absolute atomic E-state index is 0.203. The van der Waals surface area contributed by atoms with Gasteiger partial charge in [-0.1, -0.05) is 67.6 Å². The van der Waals surface area contributed by atoms with Crippen molar-refractivity contribution in [3.05, 3.63) is 71.8 Å². The van der Waals surface area contributed by atoms with Gasteiger partial charge in [-0.25, -0.2) is 0 Å². The van der Waals surface area contributed by atoms with Crippen LogP contribution in [-0.4, -0.2) is 24.5 Å². The lowest BCUT2D eigenvalue weighted by atomic mass is 9.73. The molecule has 0 aliphatic heterocycles. The molecule has 0 radical (unpaired) electrons. The summed E-state index contributed by atoms with van der Waals surface area (Å²) in [5.41, 5.74) is -4.07. The summed E-state index contributed by atoms with van der Waals surface area (Å²) in [7, 11) is 0. The van der Waals surface area contributed by atoms with E-state index in [2.05, 4.69) is 0 Å². The Morgan fingerprint density at radius 1 is 0.920 bits per heavy atom. The molecule has 1 atom stereocenters. The van der Waals surface area contributed by atoms with E-state index in [1.54, 1.807) is 13.0 Å². The molecule has 0 fully saturated rings. The van der Waals surface area contributed by atoms with Gasteiger partial charge >= 0.3 is 12.1 Å². The second-order valence-electron chi connectivity index (χ2n) is 5.44. The van der Waals surface area contributed by atoms with Gasteiger partial charge in [-0.3, -0.25) is 9.59 Å². The lowest BCUT2D eigenvalue weighted by molar-refractivity contribution is -0.197. The quantitative estimate of drug-likeness (QED) is 0.443. The van der Waals surface area contributed by atoms with Crippen LogP contribution in [0.5, 0.6) is 0 Å². The van der Waals surface area contributed by atoms with Crippen LogP contribution in [0.1, 0.15) is 29.3 Å². The fourth-order valence-corrected chi connectivity index (χ4v) is 2.55. The van der Waals surface area contributed by atoms with Crippen molar-refractivity contribution in [1.82, 2.24) is 0 Å². The van der Waals surface area contributed by atoms with Crippen molar-refractivity contribution in [2.75, 3.05) is 6.61 Å². The van der Waals surface area contributed by atoms with Crippen molar-refractivity contribution in [1.29, 1.82) is 0 Å². The minimum Gasteiger partial charge on any atom is -0.464 e. The number of esters is 1. The van der Waals surface area contributed by atoms with Crippen LogP contribution >= 0.6 is 0 Å². The lowest BCUT2D eigenvalue weighted by Crippen LogP contribution is -2.56. The first-order valence-corrected chi connectivity index (χ1v) is 7.75. The molecule has 0 aliphatic rings. The van der Waals surface area contributed by atoms with Crippen LogP contribution in [-0.2, 0) is 14.9 Å². The normalized spacial score (nSPS) is 13.8. The van der Waals surface area contributed by atoms with Crippen molar-refractivity contribution >= 4 is 11.8 Å². The fraction of sp³-hybridized carbons (Fsp3) is 0.263. The average Bonchev–Trinajstić information content (AvgIpc) is 2.61. The van der Waals surface area contributed by atoms with E-state index in [1.165, 1.54) is 42.5 Å². The zero-order valence-corrected chi connectivity index (χ0v) is 13.5. The number of ether oxygens (including phenoxy) is 1. The highest BCUT2D eigenvalue weighted by molar-refractivity contribution is 6.18. The number of hydrogen-bond acceptors (Lipinski definition) is 3. The second kappa shape index (κ2) is 7.51. The van der Waals surface area contributed by atoms with Gasteiger partial charge in [0.15, 0.2) is 5.78 Å². The topological polar surface area (TPSA) is 43.4 Å². The summed E-state index contributed by atoms with van der Waals surface area (Å²) in [6.07, 6.45) is -4.82. The SMILES string of the molecule is CCCOC(=O)C(C(=O)c1ccccc1)(c1ccccc1)C(F)(F)F. The van der Waals surface area contributed by atoms with Gasteiger partial charge in [-0.05, 0) is 12.0 Å². The molecule has 0 saturated heterocycles. The van der Waals surface area contributed by atoms with Crippen LogP contribution in [0.3, 0.4) is 0 Å². The van der Waals surface area contributed by atoms with Gasteiger partial charge in [0.25, 0.3) is 0 Å². The zero-order chi connectivity index (χ0) is 18.5. The monoisotopic (exact) mass is 350 g/mol. The summed E-state index contributed by atoms with van der Waals surface area (Å²) in [4.78, 5) is 25.4. The Labute approximate surface area is 143 Å². The Morgan fingerprint density at radius 3 is 1.92 bits per heavy atom. The summed E-state index contributed by atoms with van der Waals surface area (Å²) in [5.74, 6) is -2.96. The van der Waals surface area contributed by atoms with Crippen molar-refractivity contribution < 1.29 is 27.5 Å². The van der Waals surface area contributed by atoms with Crippen LogP contribution in [0.15, 0.2) is 60.7 Å². The highest BCUT2D eigenvalue weighted by Gasteiger charge is 2.67. The molecule has 6 heteroatoms. The Morgan fingerprint density at radius 2 is 1.44 bits per heavy atom. The third-order valence-electron chi connectivity index (χ3n) is 3.75. The van der Waals surface area contributed by atoms with E-state index < -0.39 is 28.9 Å². The number of carbonyl (C=O) groups excluding carboxylic acids is 2. The number of ketones is 1. The molecule has 0 aromatic heterocycles. The Balaban J connectivity index is 2.72. The Hall–Kier alpha value is -2.63. The van der Waals surface area contributed by atoms with Gasteiger partial charge in [0.2, 0.25) is 5.41 Å². The Kier molecular flexibility index (Phi) is 5.62. The Bertz CT molecular complexity index is 727. The number of benzene rings is 2. The number of halogens is 3. The highest BCUT2D eigenvalue weighted by atomic mass is 19.4. The molecule has 0 aliphatic carbocycles. The lowest BCUT2D eigenvalue weighted by Gasteiger charge is -2.32. The van der Waals surface area contributed by atoms with E-state index in [0.29, 0.717) is 6.42 Å². The van der Waals surface area contributed by atoms with Crippen LogP contribution in [0, 0.1) is 0 Å². The van der Waals surface area contributed by atoms with E-state index in [9.17, 15) is 22.8 Å². The second-order valence-corrected chi connectivity index (χ2v) is 5.44. The molecule has 0 saturated carbocycles. The number of alkyl halides is 3. The maximum atomic E-state index is 14.2. The van der Waals surface area contributed by atoms with Crippen molar-refractivity contribution in [2.45, 2.75) is 24.9 Å². The first-order valence-electron chi connectivity index (χ1n) is 7.75. The van der Waals surface area contributed by atoms with Gasteiger partial charge < -0.3 is 4.74 Å². The standard InChI is InChI=1S/C19H17F3O3/c1-2-13-25-17(24)18(19(20,21)22,15-11-7-4-8-12-15)16(23)14-9-5-3-6-10-14/h3-12H,2,13H2,1H3. The third kappa shape index (κ3) is 3.43. The van der Waals surface area contributed by atoms with Crippen molar-refractivity contribution in [3.63, 3.8) is 0 Å². The van der Waals surface area contributed by atoms with E-state index in [4.69, 9.17) is 4.74 Å². The third-order valence-corrected chi connectivity index (χ3v) is 3.75. The maximum Gasteiger partial charge on any atom is 0.416 e. The molecule has 0 heterocycles. The van der Waals surface area contributed by atoms with E-state index >= 15 is 0 Å². The summed E-state index contributed by atoms with van der Waals surface area (Å²) >= 11 is 0. The fourth-order valence-electron chi connectivity index (χ4n) is 2.55. The molecule has 0 spiro atoms. The van der Waals surface area contributed by atoms with Crippen LogP contribution in [0.25, 0.3) is 0 Å². The minimum atomic E-state index is -5.16. The molecule has 3 nitrogen and oxygen atoms in total. The molecule has 132 valence electrons. The molecular formula is C19H17F3O3. The van der Waals surface area contributed by atoms with E-state index in [-0.39, 0.29) is 12.2 Å². The van der Waals surface area contributed by atoms with Crippen LogP contribution in [0.2, 0.25) is 0 Å². The predicted octanol–water partition coefficient (Wildman–Crippen LogP) is 4.32. The molecule has 2 rings (SSSR count). The summed E-state index contributed by atoms with van der Waals surface area (Å²) in [6, 6.07) is 13.4. The molecule has 1 unspecified atom stereocenters. The first kappa shape index (κ1) is 18.7. The van der Waals surface area contributed by atoms with Gasteiger partial charge in [0.05, 0.1) is 6.61 Å². The van der Waals surface area contributed by atoms with Crippen molar-refractivity contribution in [3.8, 4) is 0 Å². The highest BCUT2D eigenvalue weighted by Crippen LogP contribution is 2.44. The van der Waals surface area contributed by atoms with E-state index in [0.717, 1.165) is 12.1 Å². The number of hydrogen-bond donors (Lipinski definition) is 0. The molecule has 0 N–H and O–H groups in total. The summed E-state index contributed by atoms with van der Waals surface area (Å²) < 4.78 is 47.3. The molecule has 2 aromatic rings. The van der Waals surface area contributed by atoms with Gasteiger partial charge in [0.1, 0.15) is 0 Å². The summed E-state index contributed by atoms with van der Waals surface area (Å²) in [6.45, 7) is 1.45. The number of rotatable bonds is 6. The molecule has 25 heavy (non-hydrogen) atoms. The maximum absolute atomic E-state index is 14.2.